The Balaban J connectivity index is 1.87. The number of thioether (sulfide) groups is 1. The molecule has 112 valence electrons. The summed E-state index contributed by atoms with van der Waals surface area (Å²) in [5, 5.41) is 11.7. The highest BCUT2D eigenvalue weighted by molar-refractivity contribution is 7.98. The smallest absolute Gasteiger partial charge is 0.323 e. The first-order valence-corrected chi connectivity index (χ1v) is 7.56. The Bertz CT molecular complexity index is 575. The Labute approximate surface area is 126 Å². The molecule has 0 saturated carbocycles. The van der Waals surface area contributed by atoms with Crippen LogP contribution in [0.2, 0.25) is 0 Å². The number of carbonyl (C=O) groups is 1. The molecule has 7 nitrogen and oxygen atoms in total. The highest BCUT2D eigenvalue weighted by Gasteiger charge is 2.14. The van der Waals surface area contributed by atoms with Gasteiger partial charge in [0.25, 0.3) is 0 Å². The van der Waals surface area contributed by atoms with Crippen molar-refractivity contribution >= 4 is 17.7 Å². The van der Waals surface area contributed by atoms with Crippen molar-refractivity contribution in [2.75, 3.05) is 12.9 Å². The van der Waals surface area contributed by atoms with E-state index in [0.717, 1.165) is 11.4 Å². The lowest BCUT2D eigenvalue weighted by Crippen LogP contribution is -2.33. The molecule has 1 aromatic heterocycles. The number of methoxy groups -OCH3 is 1. The van der Waals surface area contributed by atoms with Crippen molar-refractivity contribution in [3.8, 4) is 0 Å². The highest BCUT2D eigenvalue weighted by Crippen LogP contribution is 2.11. The topological polar surface area (TPSA) is 95.9 Å². The number of aromatic nitrogens is 4. The zero-order valence-corrected chi connectivity index (χ0v) is 12.5. The summed E-state index contributed by atoms with van der Waals surface area (Å²) in [4.78, 5) is 11.2. The zero-order valence-electron chi connectivity index (χ0n) is 11.7. The van der Waals surface area contributed by atoms with Crippen LogP contribution in [0.4, 0.5) is 0 Å². The van der Waals surface area contributed by atoms with Crippen molar-refractivity contribution in [3.63, 3.8) is 0 Å². The van der Waals surface area contributed by atoms with Crippen LogP contribution in [0.1, 0.15) is 11.4 Å². The SMILES string of the molecule is COC(=O)C(N)CSCc1nnnn1Cc1ccccc1. The molecule has 0 spiro atoms. The minimum Gasteiger partial charge on any atom is -0.468 e. The molecule has 0 bridgehead atoms. The lowest BCUT2D eigenvalue weighted by molar-refractivity contribution is -0.141. The molecule has 0 aliphatic rings. The van der Waals surface area contributed by atoms with Crippen LogP contribution >= 0.6 is 11.8 Å². The number of nitrogens with zero attached hydrogens (tertiary/aromatic N) is 4. The Morgan fingerprint density at radius 1 is 1.43 bits per heavy atom. The average molecular weight is 307 g/mol. The molecule has 1 atom stereocenters. The van der Waals surface area contributed by atoms with Crippen molar-refractivity contribution in [2.24, 2.45) is 5.73 Å². The molecule has 0 amide bonds. The van der Waals surface area contributed by atoms with Gasteiger partial charge < -0.3 is 10.5 Å². The summed E-state index contributed by atoms with van der Waals surface area (Å²) in [7, 11) is 1.33. The third-order valence-corrected chi connectivity index (χ3v) is 3.87. The molecule has 2 aromatic rings. The average Bonchev–Trinajstić information content (AvgIpc) is 2.94. The number of carbonyl (C=O) groups excluding carboxylic acids is 1. The summed E-state index contributed by atoms with van der Waals surface area (Å²) in [6, 6.07) is 9.33. The summed E-state index contributed by atoms with van der Waals surface area (Å²) in [6.07, 6.45) is 0. The van der Waals surface area contributed by atoms with Gasteiger partial charge in [0.05, 0.1) is 19.4 Å². The van der Waals surface area contributed by atoms with Gasteiger partial charge in [-0.25, -0.2) is 4.68 Å². The zero-order chi connectivity index (χ0) is 15.1. The molecule has 0 radical (unpaired) electrons. The molecule has 1 unspecified atom stereocenters. The fourth-order valence-corrected chi connectivity index (χ4v) is 2.60. The number of ether oxygens (including phenoxy) is 1. The van der Waals surface area contributed by atoms with E-state index in [-0.39, 0.29) is 0 Å². The van der Waals surface area contributed by atoms with E-state index in [1.54, 1.807) is 4.68 Å². The standard InChI is InChI=1S/C13H17N5O2S/c1-20-13(19)11(14)8-21-9-12-15-16-17-18(12)7-10-5-3-2-4-6-10/h2-6,11H,7-9,14H2,1H3. The Hall–Kier alpha value is -1.93. The van der Waals surface area contributed by atoms with Gasteiger partial charge in [0.15, 0.2) is 5.82 Å². The maximum atomic E-state index is 11.2. The monoisotopic (exact) mass is 307 g/mol. The van der Waals surface area contributed by atoms with Crippen LogP contribution in [0.5, 0.6) is 0 Å². The second-order valence-corrected chi connectivity index (χ2v) is 5.41. The third kappa shape index (κ3) is 4.54. The molecule has 1 heterocycles. The molecule has 21 heavy (non-hydrogen) atoms. The lowest BCUT2D eigenvalue weighted by atomic mass is 10.2. The van der Waals surface area contributed by atoms with Gasteiger partial charge in [-0.15, -0.1) is 5.10 Å². The molecular weight excluding hydrogens is 290 g/mol. The summed E-state index contributed by atoms with van der Waals surface area (Å²) >= 11 is 1.50. The summed E-state index contributed by atoms with van der Waals surface area (Å²) in [5.74, 6) is 1.39. The van der Waals surface area contributed by atoms with Gasteiger partial charge in [-0.3, -0.25) is 4.79 Å². The van der Waals surface area contributed by atoms with Crippen LogP contribution < -0.4 is 5.73 Å². The van der Waals surface area contributed by atoms with Gasteiger partial charge in [0.1, 0.15) is 6.04 Å². The largest absolute Gasteiger partial charge is 0.468 e. The maximum absolute atomic E-state index is 11.2. The van der Waals surface area contributed by atoms with E-state index >= 15 is 0 Å². The van der Waals surface area contributed by atoms with Crippen molar-refractivity contribution < 1.29 is 9.53 Å². The van der Waals surface area contributed by atoms with E-state index in [4.69, 9.17) is 5.73 Å². The van der Waals surface area contributed by atoms with Crippen molar-refractivity contribution in [3.05, 3.63) is 41.7 Å². The number of benzene rings is 1. The predicted molar refractivity (Wildman–Crippen MR) is 79.5 cm³/mol. The first kappa shape index (κ1) is 15.5. The Morgan fingerprint density at radius 2 is 2.19 bits per heavy atom. The fraction of sp³-hybridized carbons (Fsp3) is 0.385. The van der Waals surface area contributed by atoms with E-state index in [1.807, 2.05) is 30.3 Å². The summed E-state index contributed by atoms with van der Waals surface area (Å²) < 4.78 is 6.32. The number of nitrogens with two attached hydrogens (primary N) is 1. The molecule has 2 rings (SSSR count). The van der Waals surface area contributed by atoms with E-state index in [0.29, 0.717) is 18.1 Å². The first-order chi connectivity index (χ1) is 10.2. The van der Waals surface area contributed by atoms with Crippen molar-refractivity contribution in [1.82, 2.24) is 20.2 Å². The van der Waals surface area contributed by atoms with E-state index in [2.05, 4.69) is 20.3 Å². The lowest BCUT2D eigenvalue weighted by Gasteiger charge is -2.08. The number of hydrogen-bond donors (Lipinski definition) is 1. The highest BCUT2D eigenvalue weighted by atomic mass is 32.2. The van der Waals surface area contributed by atoms with Crippen LogP contribution in [0.25, 0.3) is 0 Å². The second kappa shape index (κ2) is 7.75. The summed E-state index contributed by atoms with van der Waals surface area (Å²) in [5.41, 5.74) is 6.80. The summed E-state index contributed by atoms with van der Waals surface area (Å²) in [6.45, 7) is 0.618. The minimum atomic E-state index is -0.626. The third-order valence-electron chi connectivity index (χ3n) is 2.81. The quantitative estimate of drug-likeness (QED) is 0.742. The van der Waals surface area contributed by atoms with Crippen LogP contribution in [0.3, 0.4) is 0 Å². The van der Waals surface area contributed by atoms with Gasteiger partial charge in [-0.2, -0.15) is 11.8 Å². The molecule has 0 aliphatic carbocycles. The van der Waals surface area contributed by atoms with E-state index in [9.17, 15) is 4.79 Å². The van der Waals surface area contributed by atoms with Crippen LogP contribution in [0, 0.1) is 0 Å². The molecule has 0 saturated heterocycles. The van der Waals surface area contributed by atoms with Gasteiger partial charge in [0, 0.05) is 5.75 Å². The van der Waals surface area contributed by atoms with E-state index in [1.165, 1.54) is 18.9 Å². The van der Waals surface area contributed by atoms with Crippen molar-refractivity contribution in [1.29, 1.82) is 0 Å². The van der Waals surface area contributed by atoms with Crippen LogP contribution in [0.15, 0.2) is 30.3 Å². The van der Waals surface area contributed by atoms with Gasteiger partial charge in [-0.1, -0.05) is 30.3 Å². The molecule has 8 heteroatoms. The maximum Gasteiger partial charge on any atom is 0.323 e. The molecule has 0 fully saturated rings. The van der Waals surface area contributed by atoms with Crippen molar-refractivity contribution in [2.45, 2.75) is 18.3 Å². The predicted octanol–water partition coefficient (Wildman–Crippen LogP) is 0.455. The molecular formula is C13H17N5O2S. The Morgan fingerprint density at radius 3 is 2.90 bits per heavy atom. The first-order valence-electron chi connectivity index (χ1n) is 6.41. The molecule has 1 aromatic carbocycles. The van der Waals surface area contributed by atoms with Crippen LogP contribution in [-0.2, 0) is 21.8 Å². The number of rotatable bonds is 7. The van der Waals surface area contributed by atoms with Gasteiger partial charge >= 0.3 is 5.97 Å². The van der Waals surface area contributed by atoms with Gasteiger partial charge in [-0.05, 0) is 16.0 Å². The minimum absolute atomic E-state index is 0.411. The van der Waals surface area contributed by atoms with Gasteiger partial charge in [0.2, 0.25) is 0 Å². The number of esters is 1. The second-order valence-electron chi connectivity index (χ2n) is 4.38. The fourth-order valence-electron chi connectivity index (χ4n) is 1.70. The molecule has 2 N–H and O–H groups in total. The number of tetrazole rings is 1. The normalized spacial score (nSPS) is 12.1. The van der Waals surface area contributed by atoms with Crippen LogP contribution in [-0.4, -0.2) is 45.1 Å². The Kier molecular flexibility index (Phi) is 5.70. The number of hydrogen-bond acceptors (Lipinski definition) is 7. The van der Waals surface area contributed by atoms with E-state index < -0.39 is 12.0 Å². The molecule has 0 aliphatic heterocycles.